The molecule has 0 amide bonds. The number of fused-ring (bicyclic) bond motifs is 7. The third-order valence-electron chi connectivity index (χ3n) is 12.4. The van der Waals surface area contributed by atoms with Crippen LogP contribution in [0.5, 0.6) is 0 Å². The van der Waals surface area contributed by atoms with Gasteiger partial charge >= 0.3 is 0 Å². The van der Waals surface area contributed by atoms with Gasteiger partial charge < -0.3 is 9.47 Å². The summed E-state index contributed by atoms with van der Waals surface area (Å²) in [6, 6.07) is 77.6. The second kappa shape index (κ2) is 16.0. The number of aromatic nitrogens is 1. The number of allylic oxidation sites excluding steroid dienone is 5. The Morgan fingerprint density at radius 2 is 1.13 bits per heavy atom. The molecule has 11 aromatic rings. The number of nitrogens with zero attached hydrogens (tertiary/aromatic N) is 2. The van der Waals surface area contributed by atoms with Crippen molar-refractivity contribution in [1.29, 1.82) is 0 Å². The van der Waals surface area contributed by atoms with E-state index in [9.17, 15) is 0 Å². The third kappa shape index (κ3) is 6.70. The highest BCUT2D eigenvalue weighted by atomic mass is 15.1. The molecule has 0 aliphatic heterocycles. The number of para-hydroxylation sites is 1. The monoisotopic (exact) mass is 804 g/mol. The molecule has 2 nitrogen and oxygen atoms in total. The van der Waals surface area contributed by atoms with Gasteiger partial charge in [-0.05, 0) is 116 Å². The second-order valence-electron chi connectivity index (χ2n) is 16.1. The van der Waals surface area contributed by atoms with Gasteiger partial charge in [0.05, 0.1) is 16.7 Å². The predicted molar refractivity (Wildman–Crippen MR) is 272 cm³/mol. The highest BCUT2D eigenvalue weighted by Gasteiger charge is 2.19. The number of hydrogen-bond donors (Lipinski definition) is 0. The lowest BCUT2D eigenvalue weighted by Gasteiger charge is -2.28. The van der Waals surface area contributed by atoms with Gasteiger partial charge in [-0.25, -0.2) is 0 Å². The maximum absolute atomic E-state index is 3.97. The van der Waals surface area contributed by atoms with Crippen LogP contribution >= 0.6 is 0 Å². The molecule has 0 spiro atoms. The van der Waals surface area contributed by atoms with Crippen molar-refractivity contribution in [2.75, 3.05) is 4.90 Å². The molecule has 0 aliphatic carbocycles. The van der Waals surface area contributed by atoms with Gasteiger partial charge in [0.15, 0.2) is 0 Å². The summed E-state index contributed by atoms with van der Waals surface area (Å²) in [7, 11) is 0. The van der Waals surface area contributed by atoms with Crippen molar-refractivity contribution in [2.24, 2.45) is 0 Å². The van der Waals surface area contributed by atoms with Gasteiger partial charge in [0.2, 0.25) is 0 Å². The minimum atomic E-state index is 1.08. The van der Waals surface area contributed by atoms with E-state index in [-0.39, 0.29) is 0 Å². The molecule has 63 heavy (non-hydrogen) atoms. The fourth-order valence-electron chi connectivity index (χ4n) is 9.50. The average molecular weight is 805 g/mol. The molecular formula is C61H44N2. The van der Waals surface area contributed by atoms with Crippen LogP contribution in [0, 0.1) is 0 Å². The van der Waals surface area contributed by atoms with E-state index in [4.69, 9.17) is 0 Å². The van der Waals surface area contributed by atoms with Crippen molar-refractivity contribution in [1.82, 2.24) is 4.57 Å². The van der Waals surface area contributed by atoms with Gasteiger partial charge in [-0.1, -0.05) is 189 Å². The Balaban J connectivity index is 1.03. The molecule has 0 atom stereocenters. The third-order valence-corrected chi connectivity index (χ3v) is 12.4. The zero-order chi connectivity index (χ0) is 42.3. The lowest BCUT2D eigenvalue weighted by atomic mass is 9.94. The Hall–Kier alpha value is -8.20. The molecule has 0 saturated carbocycles. The molecule has 0 aliphatic rings. The normalized spacial score (nSPS) is 12.0. The van der Waals surface area contributed by atoms with Gasteiger partial charge in [-0.15, -0.1) is 0 Å². The van der Waals surface area contributed by atoms with E-state index in [0.29, 0.717) is 0 Å². The molecule has 0 fully saturated rings. The summed E-state index contributed by atoms with van der Waals surface area (Å²) in [6.45, 7) is 6.02. The van der Waals surface area contributed by atoms with Crippen LogP contribution < -0.4 is 4.90 Å². The van der Waals surface area contributed by atoms with Crippen molar-refractivity contribution in [3.63, 3.8) is 0 Å². The van der Waals surface area contributed by atoms with Crippen molar-refractivity contribution in [3.8, 4) is 27.9 Å². The summed E-state index contributed by atoms with van der Waals surface area (Å²) >= 11 is 0. The van der Waals surface area contributed by atoms with Crippen molar-refractivity contribution >= 4 is 76.8 Å². The Labute approximate surface area is 368 Å². The van der Waals surface area contributed by atoms with Crippen molar-refractivity contribution < 1.29 is 0 Å². The fraction of sp³-hybridized carbons (Fsp3) is 0.0164. The quantitative estimate of drug-likeness (QED) is 0.132. The molecule has 2 heteroatoms. The molecule has 298 valence electrons. The van der Waals surface area contributed by atoms with E-state index in [0.717, 1.165) is 45.0 Å². The van der Waals surface area contributed by atoms with Crippen molar-refractivity contribution in [3.05, 3.63) is 249 Å². The fourth-order valence-corrected chi connectivity index (χ4v) is 9.50. The molecule has 1 aromatic heterocycles. The zero-order valence-corrected chi connectivity index (χ0v) is 35.1. The van der Waals surface area contributed by atoms with E-state index >= 15 is 0 Å². The van der Waals surface area contributed by atoms with E-state index in [1.165, 1.54) is 65.3 Å². The van der Waals surface area contributed by atoms with E-state index in [1.54, 1.807) is 0 Å². The van der Waals surface area contributed by atoms with Crippen LogP contribution in [0.3, 0.4) is 0 Å². The molecule has 0 saturated heterocycles. The van der Waals surface area contributed by atoms with Crippen LogP contribution in [0.4, 0.5) is 17.1 Å². The highest BCUT2D eigenvalue weighted by molar-refractivity contribution is 6.18. The lowest BCUT2D eigenvalue weighted by Crippen LogP contribution is -2.10. The molecule has 0 unspecified atom stereocenters. The Kier molecular flexibility index (Phi) is 9.60. The number of anilines is 3. The first-order valence-electron chi connectivity index (χ1n) is 21.7. The summed E-state index contributed by atoms with van der Waals surface area (Å²) in [4.78, 5) is 2.40. The van der Waals surface area contributed by atoms with Crippen LogP contribution in [0.2, 0.25) is 0 Å². The predicted octanol–water partition coefficient (Wildman–Crippen LogP) is 17.2. The summed E-state index contributed by atoms with van der Waals surface area (Å²) in [5.74, 6) is 0. The first-order chi connectivity index (χ1) is 31.2. The van der Waals surface area contributed by atoms with Gasteiger partial charge in [-0.3, -0.25) is 0 Å². The maximum atomic E-state index is 3.97. The summed E-state index contributed by atoms with van der Waals surface area (Å²) in [6.07, 6.45) is 8.11. The Bertz CT molecular complexity index is 3580. The highest BCUT2D eigenvalue weighted by Crippen LogP contribution is 2.44. The standard InChI is InChI=1S/C61H44N2/c1-3-14-42(15-4-2)44-28-33-50(34-29-44)62(60-39-38-53(55-22-9-10-23-56(55)60)49-27-26-43-16-5-6-18-47(43)40-49)51-35-30-45(31-36-51)48-19-13-20-52(41-48)63-59-25-12-11-24-57(59)58-37-32-46-17-7-8-21-54(46)61(58)63/h3-41H,1H2,2H3/b15-4-,42-14+. The largest absolute Gasteiger partial charge is 0.310 e. The number of hydrogen-bond acceptors (Lipinski definition) is 1. The molecule has 10 aromatic carbocycles. The van der Waals surface area contributed by atoms with E-state index in [1.807, 2.05) is 13.0 Å². The molecular weight excluding hydrogens is 761 g/mol. The van der Waals surface area contributed by atoms with Crippen LogP contribution in [0.15, 0.2) is 243 Å². The summed E-state index contributed by atoms with van der Waals surface area (Å²) in [5.41, 5.74) is 13.9. The van der Waals surface area contributed by atoms with Gasteiger partial charge in [0.25, 0.3) is 0 Å². The molecule has 1 heterocycles. The Morgan fingerprint density at radius 1 is 0.476 bits per heavy atom. The summed E-state index contributed by atoms with van der Waals surface area (Å²) in [5, 5.41) is 9.89. The molecule has 11 rings (SSSR count). The van der Waals surface area contributed by atoms with E-state index < -0.39 is 0 Å². The average Bonchev–Trinajstić information content (AvgIpc) is 3.69. The first-order valence-corrected chi connectivity index (χ1v) is 21.7. The Morgan fingerprint density at radius 3 is 1.90 bits per heavy atom. The smallest absolute Gasteiger partial charge is 0.0619 e. The van der Waals surface area contributed by atoms with Gasteiger partial charge in [-0.2, -0.15) is 0 Å². The van der Waals surface area contributed by atoms with E-state index in [2.05, 4.69) is 247 Å². The van der Waals surface area contributed by atoms with Crippen LogP contribution in [0.25, 0.3) is 87.6 Å². The maximum Gasteiger partial charge on any atom is 0.0619 e. The van der Waals surface area contributed by atoms with Crippen LogP contribution in [-0.4, -0.2) is 4.57 Å². The summed E-state index contributed by atoms with van der Waals surface area (Å²) < 4.78 is 2.44. The minimum absolute atomic E-state index is 1.08. The first kappa shape index (κ1) is 37.8. The van der Waals surface area contributed by atoms with Gasteiger partial charge in [0, 0.05) is 38.6 Å². The van der Waals surface area contributed by atoms with Gasteiger partial charge in [0.1, 0.15) is 0 Å². The molecule has 0 radical (unpaired) electrons. The number of benzene rings is 10. The second-order valence-corrected chi connectivity index (χ2v) is 16.1. The lowest BCUT2D eigenvalue weighted by molar-refractivity contribution is 1.19. The topological polar surface area (TPSA) is 8.17 Å². The SMILES string of the molecule is C=C/C=C(\C=C/C)c1ccc(N(c2ccc(-c3cccc(-n4c5ccccc5c5ccc6ccccc6c54)c3)cc2)c2ccc(-c3ccc4ccccc4c3)c3ccccc23)cc1. The minimum Gasteiger partial charge on any atom is -0.310 e. The zero-order valence-electron chi connectivity index (χ0n) is 35.1. The van der Waals surface area contributed by atoms with Crippen molar-refractivity contribution in [2.45, 2.75) is 6.92 Å². The van der Waals surface area contributed by atoms with Crippen LogP contribution in [-0.2, 0) is 0 Å². The number of rotatable bonds is 9. The molecule has 0 N–H and O–H groups in total. The molecule has 0 bridgehead atoms. The van der Waals surface area contributed by atoms with Crippen LogP contribution in [0.1, 0.15) is 12.5 Å².